The van der Waals surface area contributed by atoms with Gasteiger partial charge >= 0.3 is 5.97 Å². The first-order chi connectivity index (χ1) is 29.5. The normalized spacial score (nSPS) is 16.9. The van der Waals surface area contributed by atoms with Gasteiger partial charge in [-0.25, -0.2) is 51.5 Å². The minimum Gasteiger partial charge on any atom is -0.462 e. The Morgan fingerprint density at radius 3 is 1.56 bits per heavy atom. The quantitative estimate of drug-likeness (QED) is 0.167. The molecule has 336 valence electrons. The van der Waals surface area contributed by atoms with E-state index in [0.29, 0.717) is 66.4 Å². The summed E-state index contributed by atoms with van der Waals surface area (Å²) < 4.78 is 57.4. The third-order valence-electron chi connectivity index (χ3n) is 11.5. The van der Waals surface area contributed by atoms with Gasteiger partial charge in [-0.2, -0.15) is 0 Å². The third kappa shape index (κ3) is 8.87. The van der Waals surface area contributed by atoms with Crippen LogP contribution in [-0.2, 0) is 43.1 Å². The lowest BCUT2D eigenvalue weighted by Crippen LogP contribution is -2.42. The van der Waals surface area contributed by atoms with Gasteiger partial charge in [0.2, 0.25) is 11.9 Å². The molecule has 6 aromatic rings. The van der Waals surface area contributed by atoms with Crippen molar-refractivity contribution < 1.29 is 31.5 Å². The minimum absolute atomic E-state index is 0.0600. The molecule has 0 fully saturated rings. The first-order valence-electron chi connectivity index (χ1n) is 21.0. The Morgan fingerprint density at radius 1 is 0.730 bits per heavy atom. The van der Waals surface area contributed by atoms with Crippen molar-refractivity contribution in [3.05, 3.63) is 83.0 Å². The van der Waals surface area contributed by atoms with E-state index in [-0.39, 0.29) is 28.8 Å². The molecule has 1 N–H and O–H groups in total. The summed E-state index contributed by atoms with van der Waals surface area (Å²) in [6, 6.07) is 9.99. The molecule has 0 saturated heterocycles. The van der Waals surface area contributed by atoms with E-state index in [2.05, 4.69) is 61.6 Å². The zero-order chi connectivity index (χ0) is 45.9. The second-order valence-corrected chi connectivity index (χ2v) is 21.5. The zero-order valence-electron chi connectivity index (χ0n) is 37.6. The van der Waals surface area contributed by atoms with E-state index in [4.69, 9.17) is 19.7 Å². The second-order valence-electron chi connectivity index (χ2n) is 17.5. The lowest BCUT2D eigenvalue weighted by molar-refractivity contribution is 0.0524. The third-order valence-corrected chi connectivity index (χ3v) is 13.8. The van der Waals surface area contributed by atoms with Gasteiger partial charge in [0.05, 0.1) is 67.4 Å². The van der Waals surface area contributed by atoms with Gasteiger partial charge in [-0.1, -0.05) is 27.7 Å². The Morgan fingerprint density at radius 2 is 1.17 bits per heavy atom. The summed E-state index contributed by atoms with van der Waals surface area (Å²) in [5, 5.41) is 10.4. The first kappa shape index (κ1) is 45.5. The van der Waals surface area contributed by atoms with Crippen molar-refractivity contribution in [2.75, 3.05) is 42.0 Å². The standard InChI is InChI=1S/C22H27N5O4S.C22H29N5O3S/c1-6-31-21(28)16-12-23-22(24-14(16)4)27-10-9-26-18-11-15(32(5,29)30)7-8-17(18)25-20(26)19(27)13(2)3;1-13(2)19-20-25-17-8-7-15(31(6,29)30)11-18(17)26(20)9-10-27(19)21-23-12-16(14(3)24-21)22(4,5)28/h7-8,11-13,19H,6,9-10H2,1-5H3;7-8,11-13,19,28H,9-10H2,1-6H3. The first-order valence-corrected chi connectivity index (χ1v) is 24.8. The smallest absolute Gasteiger partial charge is 0.341 e. The van der Waals surface area contributed by atoms with Crippen molar-refractivity contribution in [3.63, 3.8) is 0 Å². The maximum Gasteiger partial charge on any atom is 0.341 e. The molecule has 2 unspecified atom stereocenters. The number of hydrogen-bond acceptors (Lipinski definition) is 15. The average molecular weight is 901 g/mol. The highest BCUT2D eigenvalue weighted by molar-refractivity contribution is 7.91. The molecule has 2 aromatic carbocycles. The van der Waals surface area contributed by atoms with E-state index >= 15 is 0 Å². The Hall–Kier alpha value is -5.53. The SMILES string of the molecule is CCOC(=O)c1cnc(N2CCn3c(nc4ccc(S(C)(=O)=O)cc43)C2C(C)C)nc1C.Cc1nc(N2CCn3c(nc4ccc(S(C)(=O)=O)cc43)C2C(C)C)ncc1C(C)(C)O. The largest absolute Gasteiger partial charge is 0.462 e. The van der Waals surface area contributed by atoms with E-state index in [1.807, 2.05) is 6.92 Å². The van der Waals surface area contributed by atoms with Gasteiger partial charge in [0.15, 0.2) is 19.7 Å². The molecule has 0 bridgehead atoms. The summed E-state index contributed by atoms with van der Waals surface area (Å²) in [6.07, 6.45) is 5.64. The van der Waals surface area contributed by atoms with Gasteiger partial charge in [0.25, 0.3) is 0 Å². The molecule has 8 rings (SSSR count). The van der Waals surface area contributed by atoms with Gasteiger partial charge in [-0.15, -0.1) is 0 Å². The van der Waals surface area contributed by atoms with Crippen LogP contribution in [0.3, 0.4) is 0 Å². The van der Waals surface area contributed by atoms with E-state index in [9.17, 15) is 26.7 Å². The van der Waals surface area contributed by atoms with Gasteiger partial charge < -0.3 is 28.8 Å². The second kappa shape index (κ2) is 16.9. The number of carbonyl (C=O) groups excluding carboxylic acids is 1. The molecule has 4 aromatic heterocycles. The highest BCUT2D eigenvalue weighted by Gasteiger charge is 2.37. The molecule has 17 nitrogen and oxygen atoms in total. The zero-order valence-corrected chi connectivity index (χ0v) is 39.3. The number of sulfone groups is 2. The number of imidazole rings is 2. The Labute approximate surface area is 368 Å². The fraction of sp³-hybridized carbons (Fsp3) is 0.477. The van der Waals surface area contributed by atoms with Crippen molar-refractivity contribution >= 4 is 59.6 Å². The molecule has 0 aliphatic carbocycles. The number of fused-ring (bicyclic) bond motifs is 6. The molecular weight excluding hydrogens is 845 g/mol. The highest BCUT2D eigenvalue weighted by Crippen LogP contribution is 2.39. The number of hydrogen-bond donors (Lipinski definition) is 1. The molecule has 2 aliphatic heterocycles. The van der Waals surface area contributed by atoms with Crippen LogP contribution in [0.5, 0.6) is 0 Å². The maximum absolute atomic E-state index is 12.1. The molecule has 2 aliphatic rings. The predicted molar refractivity (Wildman–Crippen MR) is 240 cm³/mol. The van der Waals surface area contributed by atoms with Crippen molar-refractivity contribution in [1.82, 2.24) is 39.0 Å². The number of aromatic nitrogens is 8. The number of ether oxygens (including phenoxy) is 1. The summed E-state index contributed by atoms with van der Waals surface area (Å²) in [6.45, 7) is 20.2. The number of aliphatic hydroxyl groups is 1. The van der Waals surface area contributed by atoms with Gasteiger partial charge in [-0.3, -0.25) is 0 Å². The average Bonchev–Trinajstić information content (AvgIpc) is 3.76. The van der Waals surface area contributed by atoms with Crippen LogP contribution in [0.25, 0.3) is 22.1 Å². The summed E-state index contributed by atoms with van der Waals surface area (Å²) >= 11 is 0. The summed E-state index contributed by atoms with van der Waals surface area (Å²) in [7, 11) is -6.61. The van der Waals surface area contributed by atoms with Crippen LogP contribution in [0.1, 0.15) is 99.5 Å². The van der Waals surface area contributed by atoms with Gasteiger partial charge in [0.1, 0.15) is 11.6 Å². The number of rotatable bonds is 9. The minimum atomic E-state index is -3.31. The van der Waals surface area contributed by atoms with E-state index in [0.717, 1.165) is 39.4 Å². The molecule has 0 amide bonds. The van der Waals surface area contributed by atoms with Crippen LogP contribution in [0, 0.1) is 25.7 Å². The van der Waals surface area contributed by atoms with Crippen molar-refractivity contribution in [1.29, 1.82) is 0 Å². The summed E-state index contributed by atoms with van der Waals surface area (Å²) in [4.78, 5) is 45.0. The van der Waals surface area contributed by atoms with Gasteiger partial charge in [-0.05, 0) is 82.9 Å². The van der Waals surface area contributed by atoms with Crippen LogP contribution in [0.4, 0.5) is 11.9 Å². The molecule has 2 atom stereocenters. The van der Waals surface area contributed by atoms with Crippen molar-refractivity contribution in [3.8, 4) is 0 Å². The lowest BCUT2D eigenvalue weighted by Gasteiger charge is -2.38. The van der Waals surface area contributed by atoms with Crippen LogP contribution >= 0.6 is 0 Å². The molecule has 0 saturated carbocycles. The monoisotopic (exact) mass is 900 g/mol. The van der Waals surface area contributed by atoms with E-state index in [1.165, 1.54) is 18.7 Å². The van der Waals surface area contributed by atoms with Gasteiger partial charge in [0, 0.05) is 62.3 Å². The highest BCUT2D eigenvalue weighted by atomic mass is 32.2. The number of esters is 1. The number of nitrogens with zero attached hydrogens (tertiary/aromatic N) is 10. The molecule has 6 heterocycles. The van der Waals surface area contributed by atoms with Crippen LogP contribution in [0.2, 0.25) is 0 Å². The number of benzene rings is 2. The Kier molecular flexibility index (Phi) is 12.2. The van der Waals surface area contributed by atoms with E-state index in [1.54, 1.807) is 70.3 Å². The molecular formula is C44H56N10O7S2. The molecule has 0 radical (unpaired) electrons. The Bertz CT molecular complexity index is 2960. The number of carbonyl (C=O) groups is 1. The topological polar surface area (TPSA) is 208 Å². The Balaban J connectivity index is 0.000000189. The summed E-state index contributed by atoms with van der Waals surface area (Å²) in [5.74, 6) is 2.86. The van der Waals surface area contributed by atoms with Crippen LogP contribution in [-0.4, -0.2) is 99.2 Å². The van der Waals surface area contributed by atoms with Crippen LogP contribution in [0.15, 0.2) is 58.6 Å². The van der Waals surface area contributed by atoms with Crippen LogP contribution < -0.4 is 9.80 Å². The molecule has 0 spiro atoms. The van der Waals surface area contributed by atoms with E-state index < -0.39 is 31.2 Å². The van der Waals surface area contributed by atoms with Crippen molar-refractivity contribution in [2.24, 2.45) is 11.8 Å². The fourth-order valence-electron chi connectivity index (χ4n) is 8.56. The number of anilines is 2. The molecule has 63 heavy (non-hydrogen) atoms. The lowest BCUT2D eigenvalue weighted by atomic mass is 9.98. The summed E-state index contributed by atoms with van der Waals surface area (Å²) in [5.41, 5.74) is 4.54. The molecule has 19 heteroatoms. The van der Waals surface area contributed by atoms with Crippen molar-refractivity contribution in [2.45, 2.75) is 103 Å². The predicted octanol–water partition coefficient (Wildman–Crippen LogP) is 5.92. The maximum atomic E-state index is 12.1. The number of aryl methyl sites for hydroxylation is 2. The fourth-order valence-corrected chi connectivity index (χ4v) is 9.84.